The summed E-state index contributed by atoms with van der Waals surface area (Å²) >= 11 is 0. The lowest BCUT2D eigenvalue weighted by molar-refractivity contribution is -0.160. The Hall–Kier alpha value is -0.380. The third kappa shape index (κ3) is 4.64. The zero-order valence-corrected chi connectivity index (χ0v) is 8.95. The second kappa shape index (κ2) is 5.80. The van der Waals surface area contributed by atoms with Gasteiger partial charge >= 0.3 is 7.82 Å². The van der Waals surface area contributed by atoms with Crippen LogP contribution in [0, 0.1) is 0 Å². The van der Waals surface area contributed by atoms with Crippen molar-refractivity contribution in [3.63, 3.8) is 0 Å². The highest BCUT2D eigenvalue weighted by Crippen LogP contribution is 2.35. The van der Waals surface area contributed by atoms with E-state index in [2.05, 4.69) is 4.52 Å². The maximum atomic E-state index is 11.1. The van der Waals surface area contributed by atoms with Crippen molar-refractivity contribution in [2.24, 2.45) is 0 Å². The van der Waals surface area contributed by atoms with Crippen LogP contribution in [0.2, 0.25) is 0 Å². The third-order valence-corrected chi connectivity index (χ3v) is 2.20. The van der Waals surface area contributed by atoms with E-state index >= 15 is 0 Å². The molecule has 0 aromatic heterocycles. The van der Waals surface area contributed by atoms with E-state index in [4.69, 9.17) is 20.0 Å². The van der Waals surface area contributed by atoms with Gasteiger partial charge in [0.2, 0.25) is 0 Å². The van der Waals surface area contributed by atoms with Gasteiger partial charge in [-0.1, -0.05) is 0 Å². The molecule has 0 bridgehead atoms. The number of carbonyl (C=O) groups excluding carboxylic acids is 1. The average Bonchev–Trinajstić information content (AvgIpc) is 2.22. The van der Waals surface area contributed by atoms with Crippen LogP contribution in [0.3, 0.4) is 0 Å². The lowest BCUT2D eigenvalue weighted by Gasteiger charge is -2.27. The lowest BCUT2D eigenvalue weighted by Crippen LogP contribution is -2.53. The second-order valence-electron chi connectivity index (χ2n) is 3.05. The van der Waals surface area contributed by atoms with Crippen LogP contribution in [0.1, 0.15) is 0 Å². The van der Waals surface area contributed by atoms with Crippen LogP contribution < -0.4 is 0 Å². The van der Waals surface area contributed by atoms with Crippen molar-refractivity contribution in [3.05, 3.63) is 0 Å². The van der Waals surface area contributed by atoms with Gasteiger partial charge in [-0.3, -0.25) is 9.32 Å². The fourth-order valence-electron chi connectivity index (χ4n) is 0.749. The number of hydrogen-bond acceptors (Lipinski definition) is 7. The molecule has 0 aromatic carbocycles. The maximum Gasteiger partial charge on any atom is 0.470 e. The minimum Gasteiger partial charge on any atom is -0.393 e. The van der Waals surface area contributed by atoms with Crippen LogP contribution in [0.4, 0.5) is 0 Å². The van der Waals surface area contributed by atoms with E-state index in [-0.39, 0.29) is 0 Å². The summed E-state index contributed by atoms with van der Waals surface area (Å²) in [6.07, 6.45) is -2.21. The SMILES string of the molecule is O=C(COP(=O)(O)O)C(O)C(O)(CO)CO. The molecule has 9 nitrogen and oxygen atoms in total. The first-order valence-electron chi connectivity index (χ1n) is 4.01. The minimum absolute atomic E-state index is 1.10. The molecule has 0 rings (SSSR count). The largest absolute Gasteiger partial charge is 0.470 e. The fourth-order valence-corrected chi connectivity index (χ4v) is 1.04. The summed E-state index contributed by atoms with van der Waals surface area (Å²) in [6, 6.07) is 0. The van der Waals surface area contributed by atoms with E-state index < -0.39 is 45.1 Å². The summed E-state index contributed by atoms with van der Waals surface area (Å²) in [5, 5.41) is 35.7. The van der Waals surface area contributed by atoms with Crippen LogP contribution in [0.15, 0.2) is 0 Å². The smallest absolute Gasteiger partial charge is 0.393 e. The Labute approximate surface area is 90.2 Å². The molecule has 6 N–H and O–H groups in total. The van der Waals surface area contributed by atoms with Crippen molar-refractivity contribution in [2.45, 2.75) is 11.7 Å². The molecule has 10 heteroatoms. The summed E-state index contributed by atoms with van der Waals surface area (Å²) in [5.41, 5.74) is -2.48. The number of phosphoric ester groups is 1. The number of rotatable bonds is 7. The molecule has 1 unspecified atom stereocenters. The molecule has 0 heterocycles. The highest BCUT2D eigenvalue weighted by Gasteiger charge is 2.39. The van der Waals surface area contributed by atoms with Crippen molar-refractivity contribution >= 4 is 13.6 Å². The van der Waals surface area contributed by atoms with Crippen molar-refractivity contribution < 1.29 is 44.1 Å². The van der Waals surface area contributed by atoms with Gasteiger partial charge in [0.05, 0.1) is 13.2 Å². The number of Topliss-reactive ketones (excluding diaryl/α,β-unsaturated/α-hetero) is 1. The Morgan fingerprint density at radius 3 is 2.06 bits per heavy atom. The number of hydrogen-bond donors (Lipinski definition) is 6. The van der Waals surface area contributed by atoms with Crippen LogP contribution in [0.5, 0.6) is 0 Å². The third-order valence-electron chi connectivity index (χ3n) is 1.74. The highest BCUT2D eigenvalue weighted by molar-refractivity contribution is 7.46. The summed E-state index contributed by atoms with van der Waals surface area (Å²) in [5.74, 6) is -1.28. The number of carbonyl (C=O) groups is 1. The monoisotopic (exact) mass is 260 g/mol. The quantitative estimate of drug-likeness (QED) is 0.258. The van der Waals surface area contributed by atoms with E-state index in [0.29, 0.717) is 0 Å². The van der Waals surface area contributed by atoms with Crippen LogP contribution in [-0.2, 0) is 13.9 Å². The molecule has 16 heavy (non-hydrogen) atoms. The molecule has 0 aromatic rings. The van der Waals surface area contributed by atoms with Gasteiger partial charge in [0.1, 0.15) is 18.3 Å². The van der Waals surface area contributed by atoms with E-state index in [1.807, 2.05) is 0 Å². The Kier molecular flexibility index (Phi) is 5.66. The molecule has 0 radical (unpaired) electrons. The Bertz CT molecular complexity index is 280. The van der Waals surface area contributed by atoms with Gasteiger partial charge in [-0.25, -0.2) is 4.57 Å². The van der Waals surface area contributed by atoms with E-state index in [1.165, 1.54) is 0 Å². The van der Waals surface area contributed by atoms with Gasteiger partial charge in [-0.2, -0.15) is 0 Å². The summed E-state index contributed by atoms with van der Waals surface area (Å²) in [6.45, 7) is -3.37. The number of aliphatic hydroxyl groups excluding tert-OH is 3. The maximum absolute atomic E-state index is 11.1. The molecule has 0 aliphatic heterocycles. The first-order valence-corrected chi connectivity index (χ1v) is 5.54. The molecule has 0 aliphatic carbocycles. The molecule has 0 amide bonds. The molecule has 0 aliphatic rings. The summed E-state index contributed by atoms with van der Waals surface area (Å²) in [4.78, 5) is 27.6. The van der Waals surface area contributed by atoms with Crippen LogP contribution in [0.25, 0.3) is 0 Å². The highest BCUT2D eigenvalue weighted by atomic mass is 31.2. The topological polar surface area (TPSA) is 165 Å². The van der Waals surface area contributed by atoms with Crippen LogP contribution in [-0.4, -0.2) is 67.5 Å². The predicted octanol–water partition coefficient (Wildman–Crippen LogP) is -3.26. The van der Waals surface area contributed by atoms with Crippen molar-refractivity contribution in [2.75, 3.05) is 19.8 Å². The zero-order valence-electron chi connectivity index (χ0n) is 8.05. The van der Waals surface area contributed by atoms with Gasteiger partial charge in [-0.05, 0) is 0 Å². The summed E-state index contributed by atoms with van der Waals surface area (Å²) in [7, 11) is -4.87. The molecule has 0 fully saturated rings. The first kappa shape index (κ1) is 15.6. The number of ketones is 1. The lowest BCUT2D eigenvalue weighted by atomic mass is 9.96. The second-order valence-corrected chi connectivity index (χ2v) is 4.29. The number of aliphatic hydroxyl groups is 4. The molecule has 96 valence electrons. The Balaban J connectivity index is 4.45. The van der Waals surface area contributed by atoms with E-state index in [1.54, 1.807) is 0 Å². The van der Waals surface area contributed by atoms with Crippen molar-refractivity contribution in [3.8, 4) is 0 Å². The first-order chi connectivity index (χ1) is 7.16. The molecule has 0 spiro atoms. The van der Waals surface area contributed by atoms with E-state index in [0.717, 1.165) is 0 Å². The van der Waals surface area contributed by atoms with E-state index in [9.17, 15) is 19.6 Å². The Morgan fingerprint density at radius 1 is 1.31 bits per heavy atom. The zero-order chi connectivity index (χ0) is 13.0. The van der Waals surface area contributed by atoms with Crippen LogP contribution >= 0.6 is 7.82 Å². The molecule has 1 atom stereocenters. The molecule has 0 saturated heterocycles. The van der Waals surface area contributed by atoms with Gasteiger partial charge in [0, 0.05) is 0 Å². The Morgan fingerprint density at radius 2 is 1.75 bits per heavy atom. The minimum atomic E-state index is -4.87. The predicted molar refractivity (Wildman–Crippen MR) is 48.1 cm³/mol. The van der Waals surface area contributed by atoms with Crippen molar-refractivity contribution in [1.82, 2.24) is 0 Å². The van der Waals surface area contributed by atoms with Gasteiger partial charge in [0.25, 0.3) is 0 Å². The van der Waals surface area contributed by atoms with Gasteiger partial charge in [-0.15, -0.1) is 0 Å². The molecular formula is C6H13O9P. The fraction of sp³-hybridized carbons (Fsp3) is 0.833. The summed E-state index contributed by atoms with van der Waals surface area (Å²) < 4.78 is 14.0. The molecule has 0 saturated carbocycles. The number of phosphoric acid groups is 1. The average molecular weight is 260 g/mol. The van der Waals surface area contributed by atoms with Crippen molar-refractivity contribution in [1.29, 1.82) is 0 Å². The molecular weight excluding hydrogens is 247 g/mol. The van der Waals surface area contributed by atoms with Gasteiger partial charge < -0.3 is 30.2 Å². The normalized spacial score (nSPS) is 14.9. The standard InChI is InChI=1S/C6H13O9P/c7-2-6(11,3-8)5(10)4(9)1-15-16(12,13)14/h5,7-8,10-11H,1-3H2,(H2,12,13,14). The van der Waals surface area contributed by atoms with Gasteiger partial charge in [0.15, 0.2) is 5.78 Å².